The number of fused-ring (bicyclic) bond motifs is 1. The van der Waals surface area contributed by atoms with Crippen molar-refractivity contribution < 1.29 is 50.9 Å². The van der Waals surface area contributed by atoms with Gasteiger partial charge < -0.3 is 19.5 Å². The van der Waals surface area contributed by atoms with E-state index < -0.39 is 24.3 Å². The summed E-state index contributed by atoms with van der Waals surface area (Å²) in [7, 11) is 1.71. The lowest BCUT2D eigenvalue weighted by Crippen LogP contribution is -2.33. The second kappa shape index (κ2) is 13.5. The Bertz CT molecular complexity index is 1030. The van der Waals surface area contributed by atoms with Crippen LogP contribution in [0.2, 0.25) is 0 Å². The molecule has 2 N–H and O–H groups in total. The van der Waals surface area contributed by atoms with Gasteiger partial charge in [0.25, 0.3) is 0 Å². The van der Waals surface area contributed by atoms with Crippen molar-refractivity contribution in [1.29, 1.82) is 0 Å². The molecule has 2 aromatic rings. The number of benzene rings is 1. The van der Waals surface area contributed by atoms with Crippen LogP contribution in [0.5, 0.6) is 5.75 Å². The van der Waals surface area contributed by atoms with Gasteiger partial charge in [-0.1, -0.05) is 12.1 Å². The first-order valence-corrected chi connectivity index (χ1v) is 11.4. The van der Waals surface area contributed by atoms with Gasteiger partial charge in [0.1, 0.15) is 11.6 Å². The van der Waals surface area contributed by atoms with Crippen molar-refractivity contribution in [2.75, 3.05) is 26.7 Å². The van der Waals surface area contributed by atoms with Crippen LogP contribution >= 0.6 is 0 Å². The third kappa shape index (κ3) is 10.2. The van der Waals surface area contributed by atoms with E-state index in [1.54, 1.807) is 7.11 Å². The molecule has 2 aliphatic rings. The summed E-state index contributed by atoms with van der Waals surface area (Å²) in [6.07, 6.45) is -5.23. The van der Waals surface area contributed by atoms with E-state index in [0.29, 0.717) is 0 Å². The summed E-state index contributed by atoms with van der Waals surface area (Å²) < 4.78 is 71.0. The zero-order chi connectivity index (χ0) is 28.5. The Morgan fingerprint density at radius 3 is 1.87 bits per heavy atom. The van der Waals surface area contributed by atoms with Crippen molar-refractivity contribution in [3.8, 4) is 5.75 Å². The molecule has 1 fully saturated rings. The van der Waals surface area contributed by atoms with Gasteiger partial charge in [-0.3, -0.25) is 9.80 Å². The minimum absolute atomic E-state index is 0.916. The van der Waals surface area contributed by atoms with E-state index in [0.717, 1.165) is 38.5 Å². The van der Waals surface area contributed by atoms with Gasteiger partial charge in [0, 0.05) is 32.4 Å². The van der Waals surface area contributed by atoms with Crippen molar-refractivity contribution in [2.24, 2.45) is 0 Å². The second-order valence-electron chi connectivity index (χ2n) is 8.49. The molecule has 15 heteroatoms. The van der Waals surface area contributed by atoms with E-state index in [1.807, 2.05) is 12.1 Å². The Balaban J connectivity index is 0.000000301. The Kier molecular flexibility index (Phi) is 10.9. The molecule has 4 rings (SSSR count). The standard InChI is InChI=1S/C19H26N4O.2C2HF3O2/c1-24-18-6-4-16(5-7-18)12-22-10-11-23-14-17(20-19(23)15-22)13-21-8-2-3-9-21;2*3-2(4,5)1(6)7/h4-7,14H,2-3,8-13,15H2,1H3;2*(H,6,7). The van der Waals surface area contributed by atoms with Crippen LogP contribution in [0, 0.1) is 0 Å². The number of alkyl halides is 6. The first-order chi connectivity index (χ1) is 17.7. The van der Waals surface area contributed by atoms with Crippen LogP contribution in [0.1, 0.15) is 29.9 Å². The molecule has 0 unspecified atom stereocenters. The van der Waals surface area contributed by atoms with Gasteiger partial charge in [-0.25, -0.2) is 14.6 Å². The van der Waals surface area contributed by atoms with Crippen molar-refractivity contribution in [2.45, 2.75) is 51.4 Å². The number of likely N-dealkylation sites (tertiary alicyclic amines) is 1. The highest BCUT2D eigenvalue weighted by Crippen LogP contribution is 2.19. The van der Waals surface area contributed by atoms with Gasteiger partial charge in [0.2, 0.25) is 0 Å². The number of hydrogen-bond donors (Lipinski definition) is 2. The lowest BCUT2D eigenvalue weighted by Gasteiger charge is -2.27. The highest BCUT2D eigenvalue weighted by atomic mass is 19.4. The minimum Gasteiger partial charge on any atom is -0.497 e. The predicted octanol–water partition coefficient (Wildman–Crippen LogP) is 3.77. The number of rotatable bonds is 5. The molecule has 0 atom stereocenters. The molecular weight excluding hydrogens is 526 g/mol. The lowest BCUT2D eigenvalue weighted by molar-refractivity contribution is -0.193. The van der Waals surface area contributed by atoms with Gasteiger partial charge in [-0.05, 0) is 43.6 Å². The molecule has 38 heavy (non-hydrogen) atoms. The fourth-order valence-electron chi connectivity index (χ4n) is 3.73. The van der Waals surface area contributed by atoms with E-state index in [9.17, 15) is 26.3 Å². The lowest BCUT2D eigenvalue weighted by atomic mass is 10.2. The number of nitrogens with zero attached hydrogens (tertiary/aromatic N) is 4. The summed E-state index contributed by atoms with van der Waals surface area (Å²) >= 11 is 0. The molecular formula is C23H28F6N4O5. The molecule has 212 valence electrons. The molecule has 0 saturated carbocycles. The SMILES string of the molecule is COc1ccc(CN2CCn3cc(CN4CCCC4)nc3C2)cc1.O=C(O)C(F)(F)F.O=C(O)C(F)(F)F. The third-order valence-corrected chi connectivity index (χ3v) is 5.57. The summed E-state index contributed by atoms with van der Waals surface area (Å²) in [6.45, 7) is 7.50. The van der Waals surface area contributed by atoms with Crippen LogP contribution < -0.4 is 4.74 Å². The van der Waals surface area contributed by atoms with Gasteiger partial charge in [0.05, 0.1) is 19.3 Å². The summed E-state index contributed by atoms with van der Waals surface area (Å²) in [5.74, 6) is -3.39. The smallest absolute Gasteiger partial charge is 0.490 e. The Morgan fingerprint density at radius 1 is 0.868 bits per heavy atom. The summed E-state index contributed by atoms with van der Waals surface area (Å²) in [6, 6.07) is 8.38. The number of hydrogen-bond acceptors (Lipinski definition) is 6. The number of carbonyl (C=O) groups is 2. The van der Waals surface area contributed by atoms with Crippen LogP contribution in [0.4, 0.5) is 26.3 Å². The van der Waals surface area contributed by atoms with Crippen LogP contribution in [0.15, 0.2) is 30.5 Å². The third-order valence-electron chi connectivity index (χ3n) is 5.57. The van der Waals surface area contributed by atoms with Crippen LogP contribution in [-0.4, -0.2) is 80.6 Å². The largest absolute Gasteiger partial charge is 0.497 e. The zero-order valence-corrected chi connectivity index (χ0v) is 20.4. The van der Waals surface area contributed by atoms with E-state index in [2.05, 4.69) is 32.7 Å². The molecule has 0 spiro atoms. The van der Waals surface area contributed by atoms with Gasteiger partial charge in [0.15, 0.2) is 0 Å². The van der Waals surface area contributed by atoms with Gasteiger partial charge >= 0.3 is 24.3 Å². The quantitative estimate of drug-likeness (QED) is 0.538. The molecule has 0 radical (unpaired) electrons. The van der Waals surface area contributed by atoms with Crippen molar-refractivity contribution in [3.05, 3.63) is 47.5 Å². The number of aliphatic carboxylic acids is 2. The minimum atomic E-state index is -5.08. The van der Waals surface area contributed by atoms with Crippen molar-refractivity contribution >= 4 is 11.9 Å². The summed E-state index contributed by atoms with van der Waals surface area (Å²) in [5.41, 5.74) is 2.56. The van der Waals surface area contributed by atoms with E-state index in [1.165, 1.54) is 43.0 Å². The number of imidazole rings is 1. The van der Waals surface area contributed by atoms with E-state index in [-0.39, 0.29) is 0 Å². The number of carboxylic acid groups (broad SMARTS) is 2. The maximum Gasteiger partial charge on any atom is 0.490 e. The summed E-state index contributed by atoms with van der Waals surface area (Å²) in [4.78, 5) is 27.7. The number of ether oxygens (including phenoxy) is 1. The zero-order valence-electron chi connectivity index (χ0n) is 20.4. The van der Waals surface area contributed by atoms with Crippen LogP contribution in [0.3, 0.4) is 0 Å². The molecule has 1 saturated heterocycles. The highest BCUT2D eigenvalue weighted by molar-refractivity contribution is 5.73. The van der Waals surface area contributed by atoms with Gasteiger partial charge in [-0.2, -0.15) is 26.3 Å². The normalized spacial score (nSPS) is 16.0. The fourth-order valence-corrected chi connectivity index (χ4v) is 3.73. The predicted molar refractivity (Wildman–Crippen MR) is 121 cm³/mol. The first kappa shape index (κ1) is 30.9. The maximum atomic E-state index is 10.6. The topological polar surface area (TPSA) is 108 Å². The number of carboxylic acids is 2. The van der Waals surface area contributed by atoms with Crippen LogP contribution in [-0.2, 0) is 35.8 Å². The molecule has 1 aromatic carbocycles. The van der Waals surface area contributed by atoms with Crippen molar-refractivity contribution in [1.82, 2.24) is 19.4 Å². The molecule has 1 aromatic heterocycles. The molecule has 0 amide bonds. The van der Waals surface area contributed by atoms with Gasteiger partial charge in [-0.15, -0.1) is 0 Å². The Morgan fingerprint density at radius 2 is 1.39 bits per heavy atom. The van der Waals surface area contributed by atoms with Crippen LogP contribution in [0.25, 0.3) is 0 Å². The average molecular weight is 554 g/mol. The second-order valence-corrected chi connectivity index (χ2v) is 8.49. The monoisotopic (exact) mass is 554 g/mol. The number of aromatic nitrogens is 2. The molecule has 0 bridgehead atoms. The highest BCUT2D eigenvalue weighted by Gasteiger charge is 2.38. The van der Waals surface area contributed by atoms with Crippen molar-refractivity contribution in [3.63, 3.8) is 0 Å². The molecule has 3 heterocycles. The van der Waals surface area contributed by atoms with E-state index in [4.69, 9.17) is 29.5 Å². The molecule has 0 aliphatic carbocycles. The van der Waals surface area contributed by atoms with E-state index >= 15 is 0 Å². The summed E-state index contributed by atoms with van der Waals surface area (Å²) in [5, 5.41) is 14.2. The Labute approximate surface area is 214 Å². The average Bonchev–Trinajstić information content (AvgIpc) is 3.48. The number of methoxy groups -OCH3 is 1. The first-order valence-electron chi connectivity index (χ1n) is 11.4. The molecule has 9 nitrogen and oxygen atoms in total. The molecule has 2 aliphatic heterocycles. The number of halogens is 6. The maximum absolute atomic E-state index is 10.6. The fraction of sp³-hybridized carbons (Fsp3) is 0.522. The Hall–Kier alpha value is -3.33.